The van der Waals surface area contributed by atoms with Crippen LogP contribution in [0.3, 0.4) is 0 Å². The van der Waals surface area contributed by atoms with Gasteiger partial charge >= 0.3 is 0 Å². The molecule has 126 valence electrons. The maximum absolute atomic E-state index is 12.3. The highest BCUT2D eigenvalue weighted by atomic mass is 16.2. The van der Waals surface area contributed by atoms with Crippen molar-refractivity contribution >= 4 is 17.5 Å². The van der Waals surface area contributed by atoms with Gasteiger partial charge in [0, 0.05) is 23.2 Å². The molecule has 0 radical (unpaired) electrons. The lowest BCUT2D eigenvalue weighted by atomic mass is 9.96. The fourth-order valence-electron chi connectivity index (χ4n) is 2.84. The standard InChI is InChI=1S/C20H19N3O2/c21-13-10-18(24)23-17-8-6-15(7-9-17)19(25)22-14-20(11-12-20)16-4-2-1-3-5-16/h1-9H,10-12,14H2,(H,22,25)(H,23,24). The number of carbonyl (C=O) groups excluding carboxylic acids is 2. The zero-order valence-electron chi connectivity index (χ0n) is 13.8. The number of amides is 2. The van der Waals surface area contributed by atoms with Crippen LogP contribution >= 0.6 is 0 Å². The minimum Gasteiger partial charge on any atom is -0.351 e. The third-order valence-corrected chi connectivity index (χ3v) is 4.50. The SMILES string of the molecule is N#CCC(=O)Nc1ccc(C(=O)NCC2(c3ccccc3)CC2)cc1. The molecule has 2 aromatic carbocycles. The number of nitrogens with zero attached hydrogens (tertiary/aromatic N) is 1. The van der Waals surface area contributed by atoms with Crippen molar-refractivity contribution in [1.82, 2.24) is 5.32 Å². The second kappa shape index (κ2) is 7.18. The van der Waals surface area contributed by atoms with Gasteiger partial charge in [0.15, 0.2) is 0 Å². The number of hydrogen-bond acceptors (Lipinski definition) is 3. The van der Waals surface area contributed by atoms with Crippen LogP contribution < -0.4 is 10.6 Å². The Hall–Kier alpha value is -3.13. The molecule has 1 aliphatic carbocycles. The number of nitriles is 1. The highest BCUT2D eigenvalue weighted by Crippen LogP contribution is 2.47. The molecular weight excluding hydrogens is 314 g/mol. The van der Waals surface area contributed by atoms with Gasteiger partial charge in [-0.2, -0.15) is 5.26 Å². The quantitative estimate of drug-likeness (QED) is 0.852. The van der Waals surface area contributed by atoms with Crippen molar-refractivity contribution in [3.63, 3.8) is 0 Å². The van der Waals surface area contributed by atoms with E-state index in [0.29, 0.717) is 17.8 Å². The van der Waals surface area contributed by atoms with E-state index in [1.54, 1.807) is 30.3 Å². The van der Waals surface area contributed by atoms with E-state index in [-0.39, 0.29) is 23.7 Å². The third kappa shape index (κ3) is 4.04. The first kappa shape index (κ1) is 16.7. The van der Waals surface area contributed by atoms with Gasteiger partial charge < -0.3 is 10.6 Å². The van der Waals surface area contributed by atoms with Crippen LogP contribution in [0.1, 0.15) is 35.2 Å². The van der Waals surface area contributed by atoms with Crippen molar-refractivity contribution < 1.29 is 9.59 Å². The molecule has 25 heavy (non-hydrogen) atoms. The number of carbonyl (C=O) groups is 2. The summed E-state index contributed by atoms with van der Waals surface area (Å²) in [5, 5.41) is 14.1. The van der Waals surface area contributed by atoms with Gasteiger partial charge in [-0.25, -0.2) is 0 Å². The molecule has 0 aliphatic heterocycles. The molecular formula is C20H19N3O2. The molecule has 2 aromatic rings. The summed E-state index contributed by atoms with van der Waals surface area (Å²) < 4.78 is 0. The van der Waals surface area contributed by atoms with Gasteiger partial charge in [0.25, 0.3) is 5.91 Å². The first-order chi connectivity index (χ1) is 12.1. The van der Waals surface area contributed by atoms with E-state index in [2.05, 4.69) is 22.8 Å². The highest BCUT2D eigenvalue weighted by molar-refractivity contribution is 5.96. The van der Waals surface area contributed by atoms with Crippen LogP contribution in [0, 0.1) is 11.3 Å². The Balaban J connectivity index is 1.57. The Morgan fingerprint density at radius 2 is 1.72 bits per heavy atom. The van der Waals surface area contributed by atoms with Crippen molar-refractivity contribution in [2.75, 3.05) is 11.9 Å². The molecule has 1 fully saturated rings. The summed E-state index contributed by atoms with van der Waals surface area (Å²) in [6.07, 6.45) is 1.98. The topological polar surface area (TPSA) is 82.0 Å². The Labute approximate surface area is 146 Å². The Morgan fingerprint density at radius 3 is 2.32 bits per heavy atom. The average Bonchev–Trinajstić information content (AvgIpc) is 3.42. The summed E-state index contributed by atoms with van der Waals surface area (Å²) in [6.45, 7) is 0.622. The monoisotopic (exact) mass is 333 g/mol. The van der Waals surface area contributed by atoms with Crippen LogP contribution in [0.5, 0.6) is 0 Å². The molecule has 0 aromatic heterocycles. The van der Waals surface area contributed by atoms with Gasteiger partial charge in [0.2, 0.25) is 5.91 Å². The molecule has 5 nitrogen and oxygen atoms in total. The zero-order chi connectivity index (χ0) is 17.7. The van der Waals surface area contributed by atoms with E-state index in [1.165, 1.54) is 5.56 Å². The van der Waals surface area contributed by atoms with Gasteiger partial charge in [-0.3, -0.25) is 9.59 Å². The van der Waals surface area contributed by atoms with E-state index in [4.69, 9.17) is 5.26 Å². The number of nitrogens with one attached hydrogen (secondary N) is 2. The van der Waals surface area contributed by atoms with Gasteiger partial charge in [0.05, 0.1) is 6.07 Å². The van der Waals surface area contributed by atoms with Crippen LogP contribution in [-0.2, 0) is 10.2 Å². The van der Waals surface area contributed by atoms with Crippen LogP contribution in [-0.4, -0.2) is 18.4 Å². The second-order valence-electron chi connectivity index (χ2n) is 6.29. The summed E-state index contributed by atoms with van der Waals surface area (Å²) in [5.74, 6) is -0.490. The maximum Gasteiger partial charge on any atom is 0.251 e. The van der Waals surface area contributed by atoms with Crippen molar-refractivity contribution in [2.24, 2.45) is 0 Å². The predicted molar refractivity (Wildman–Crippen MR) is 95.0 cm³/mol. The lowest BCUT2D eigenvalue weighted by molar-refractivity contribution is -0.115. The molecule has 0 heterocycles. The van der Waals surface area contributed by atoms with E-state index in [9.17, 15) is 9.59 Å². The molecule has 0 saturated heterocycles. The van der Waals surface area contributed by atoms with Crippen LogP contribution in [0.15, 0.2) is 54.6 Å². The van der Waals surface area contributed by atoms with Crippen molar-refractivity contribution in [2.45, 2.75) is 24.7 Å². The van der Waals surface area contributed by atoms with E-state index in [0.717, 1.165) is 12.8 Å². The molecule has 0 spiro atoms. The smallest absolute Gasteiger partial charge is 0.251 e. The maximum atomic E-state index is 12.3. The summed E-state index contributed by atoms with van der Waals surface area (Å²) in [4.78, 5) is 23.7. The first-order valence-corrected chi connectivity index (χ1v) is 8.24. The van der Waals surface area contributed by atoms with E-state index in [1.807, 2.05) is 18.2 Å². The molecule has 2 N–H and O–H groups in total. The Kier molecular flexibility index (Phi) is 4.80. The summed E-state index contributed by atoms with van der Waals surface area (Å²) >= 11 is 0. The largest absolute Gasteiger partial charge is 0.351 e. The van der Waals surface area contributed by atoms with E-state index < -0.39 is 0 Å². The number of benzene rings is 2. The number of hydrogen-bond donors (Lipinski definition) is 2. The highest BCUT2D eigenvalue weighted by Gasteiger charge is 2.44. The normalized spacial score (nSPS) is 14.2. The zero-order valence-corrected chi connectivity index (χ0v) is 13.8. The van der Waals surface area contributed by atoms with Crippen LogP contribution in [0.25, 0.3) is 0 Å². The lowest BCUT2D eigenvalue weighted by Crippen LogP contribution is -2.32. The second-order valence-corrected chi connectivity index (χ2v) is 6.29. The first-order valence-electron chi connectivity index (χ1n) is 8.24. The number of rotatable bonds is 6. The molecule has 5 heteroatoms. The summed E-state index contributed by atoms with van der Waals surface area (Å²) in [7, 11) is 0. The van der Waals surface area contributed by atoms with Crippen molar-refractivity contribution in [1.29, 1.82) is 5.26 Å². The van der Waals surface area contributed by atoms with Crippen molar-refractivity contribution in [3.05, 3.63) is 65.7 Å². The molecule has 0 bridgehead atoms. The van der Waals surface area contributed by atoms with Crippen molar-refractivity contribution in [3.8, 4) is 6.07 Å². The fraction of sp³-hybridized carbons (Fsp3) is 0.250. The number of anilines is 1. The molecule has 1 saturated carbocycles. The molecule has 3 rings (SSSR count). The Morgan fingerprint density at radius 1 is 1.04 bits per heavy atom. The molecule has 1 aliphatic rings. The molecule has 0 unspecified atom stereocenters. The van der Waals surface area contributed by atoms with E-state index >= 15 is 0 Å². The van der Waals surface area contributed by atoms with Crippen LogP contribution in [0.2, 0.25) is 0 Å². The summed E-state index contributed by atoms with van der Waals surface area (Å²) in [6, 6.07) is 18.7. The summed E-state index contributed by atoms with van der Waals surface area (Å²) in [5.41, 5.74) is 2.45. The van der Waals surface area contributed by atoms with Gasteiger partial charge in [-0.1, -0.05) is 30.3 Å². The molecule has 2 amide bonds. The van der Waals surface area contributed by atoms with Gasteiger partial charge in [-0.15, -0.1) is 0 Å². The predicted octanol–water partition coefficient (Wildman–Crippen LogP) is 3.00. The third-order valence-electron chi connectivity index (χ3n) is 4.50. The van der Waals surface area contributed by atoms with Gasteiger partial charge in [0.1, 0.15) is 6.42 Å². The fourth-order valence-corrected chi connectivity index (χ4v) is 2.84. The lowest BCUT2D eigenvalue weighted by Gasteiger charge is -2.16. The van der Waals surface area contributed by atoms with Gasteiger partial charge in [-0.05, 0) is 42.7 Å². The minimum atomic E-state index is -0.363. The van der Waals surface area contributed by atoms with Crippen LogP contribution in [0.4, 0.5) is 5.69 Å². The molecule has 0 atom stereocenters. The Bertz CT molecular complexity index is 803. The minimum absolute atomic E-state index is 0.0716. The average molecular weight is 333 g/mol.